The summed E-state index contributed by atoms with van der Waals surface area (Å²) in [5.41, 5.74) is -0.519. The van der Waals surface area contributed by atoms with Gasteiger partial charge in [-0.15, -0.1) is 0 Å². The number of nitrogens with zero attached hydrogens (tertiary/aromatic N) is 1. The molecule has 1 aliphatic rings. The summed E-state index contributed by atoms with van der Waals surface area (Å²) >= 11 is 0. The van der Waals surface area contributed by atoms with E-state index in [2.05, 4.69) is 24.1 Å². The highest BCUT2D eigenvalue weighted by Gasteiger charge is 2.45. The smallest absolute Gasteiger partial charge is 0.391 e. The van der Waals surface area contributed by atoms with Crippen molar-refractivity contribution in [2.45, 2.75) is 51.2 Å². The summed E-state index contributed by atoms with van der Waals surface area (Å²) in [4.78, 5) is 2.25. The van der Waals surface area contributed by atoms with Gasteiger partial charge in [0.25, 0.3) is 0 Å². The fourth-order valence-electron chi connectivity index (χ4n) is 2.91. The summed E-state index contributed by atoms with van der Waals surface area (Å²) in [6, 6.07) is 0. The van der Waals surface area contributed by atoms with Gasteiger partial charge in [-0.1, -0.05) is 13.8 Å². The largest absolute Gasteiger partial charge is 0.394 e. The van der Waals surface area contributed by atoms with Crippen LogP contribution in [0.4, 0.5) is 13.2 Å². The molecule has 0 radical (unpaired) electrons. The van der Waals surface area contributed by atoms with Gasteiger partial charge in [-0.3, -0.25) is 0 Å². The van der Waals surface area contributed by atoms with Crippen LogP contribution < -0.4 is 5.32 Å². The highest BCUT2D eigenvalue weighted by molar-refractivity contribution is 4.94. The van der Waals surface area contributed by atoms with E-state index >= 15 is 0 Å². The fourth-order valence-corrected chi connectivity index (χ4v) is 2.91. The summed E-state index contributed by atoms with van der Waals surface area (Å²) in [5, 5.41) is 12.8. The molecule has 0 amide bonds. The molecule has 3 nitrogen and oxygen atoms in total. The summed E-state index contributed by atoms with van der Waals surface area (Å²) in [6.07, 6.45) is -3.08. The van der Waals surface area contributed by atoms with Crippen LogP contribution in [-0.2, 0) is 0 Å². The molecule has 0 aromatic carbocycles. The van der Waals surface area contributed by atoms with Gasteiger partial charge in [-0.25, -0.2) is 0 Å². The van der Waals surface area contributed by atoms with Crippen LogP contribution >= 0.6 is 0 Å². The second kappa shape index (κ2) is 7.61. The minimum atomic E-state index is -4.09. The zero-order chi connectivity index (χ0) is 15.2. The van der Waals surface area contributed by atoms with Crippen LogP contribution in [0.5, 0.6) is 0 Å². The van der Waals surface area contributed by atoms with Gasteiger partial charge in [0, 0.05) is 18.6 Å². The van der Waals surface area contributed by atoms with E-state index in [0.29, 0.717) is 19.4 Å². The highest BCUT2D eigenvalue weighted by atomic mass is 19.4. The molecule has 0 heterocycles. The Labute approximate surface area is 119 Å². The molecule has 0 unspecified atom stereocenters. The third-order valence-electron chi connectivity index (χ3n) is 4.53. The van der Waals surface area contributed by atoms with Crippen molar-refractivity contribution in [2.24, 2.45) is 5.92 Å². The van der Waals surface area contributed by atoms with E-state index in [1.807, 2.05) is 0 Å². The highest BCUT2D eigenvalue weighted by Crippen LogP contribution is 2.40. The summed E-state index contributed by atoms with van der Waals surface area (Å²) < 4.78 is 38.0. The predicted molar refractivity (Wildman–Crippen MR) is 73.6 cm³/mol. The maximum absolute atomic E-state index is 12.7. The fraction of sp³-hybridized carbons (Fsp3) is 1.00. The minimum absolute atomic E-state index is 0.0875. The molecule has 120 valence electrons. The van der Waals surface area contributed by atoms with Crippen LogP contribution in [0.1, 0.15) is 39.5 Å². The molecule has 0 atom stereocenters. The lowest BCUT2D eigenvalue weighted by atomic mass is 9.76. The van der Waals surface area contributed by atoms with Crippen molar-refractivity contribution in [3.8, 4) is 0 Å². The lowest BCUT2D eigenvalue weighted by molar-refractivity contribution is -0.186. The van der Waals surface area contributed by atoms with Crippen molar-refractivity contribution in [1.82, 2.24) is 10.2 Å². The summed E-state index contributed by atoms with van der Waals surface area (Å²) in [6.45, 7) is 7.56. The molecule has 0 spiro atoms. The molecule has 1 aliphatic carbocycles. The standard InChI is InChI=1S/C14H27F3N2O/c1-3-19(4-2)10-9-18-13(11-20)7-5-12(6-8-13)14(15,16)17/h12,18,20H,3-11H2,1-2H3. The molecular formula is C14H27F3N2O. The third-order valence-corrected chi connectivity index (χ3v) is 4.53. The van der Waals surface area contributed by atoms with E-state index < -0.39 is 17.6 Å². The number of nitrogens with one attached hydrogen (secondary N) is 1. The Bertz CT molecular complexity index is 272. The predicted octanol–water partition coefficient (Wildman–Crippen LogP) is 2.40. The van der Waals surface area contributed by atoms with Gasteiger partial charge >= 0.3 is 6.18 Å². The van der Waals surface area contributed by atoms with E-state index in [0.717, 1.165) is 19.6 Å². The van der Waals surface area contributed by atoms with E-state index in [4.69, 9.17) is 0 Å². The first-order chi connectivity index (χ1) is 9.37. The summed E-state index contributed by atoms with van der Waals surface area (Å²) in [5.74, 6) is -1.20. The number of hydrogen-bond donors (Lipinski definition) is 2. The number of aliphatic hydroxyl groups is 1. The Morgan fingerprint density at radius 3 is 2.15 bits per heavy atom. The van der Waals surface area contributed by atoms with E-state index in [-0.39, 0.29) is 19.4 Å². The number of halogens is 3. The first-order valence-corrected chi connectivity index (χ1v) is 7.52. The Balaban J connectivity index is 2.42. The zero-order valence-electron chi connectivity index (χ0n) is 12.5. The van der Waals surface area contributed by atoms with Crippen LogP contribution in [-0.4, -0.2) is 54.5 Å². The maximum Gasteiger partial charge on any atom is 0.391 e. The monoisotopic (exact) mass is 296 g/mol. The van der Waals surface area contributed by atoms with Gasteiger partial charge in [0.1, 0.15) is 0 Å². The average molecular weight is 296 g/mol. The Hall–Kier alpha value is -0.330. The third kappa shape index (κ3) is 4.90. The second-order valence-corrected chi connectivity index (χ2v) is 5.71. The molecule has 1 fully saturated rings. The molecule has 0 saturated heterocycles. The van der Waals surface area contributed by atoms with Gasteiger partial charge in [-0.2, -0.15) is 13.2 Å². The van der Waals surface area contributed by atoms with Crippen molar-refractivity contribution in [1.29, 1.82) is 0 Å². The van der Waals surface area contributed by atoms with Gasteiger partial charge in [0.15, 0.2) is 0 Å². The Morgan fingerprint density at radius 2 is 1.75 bits per heavy atom. The lowest BCUT2D eigenvalue weighted by Gasteiger charge is -2.40. The Morgan fingerprint density at radius 1 is 1.20 bits per heavy atom. The van der Waals surface area contributed by atoms with Gasteiger partial charge < -0.3 is 15.3 Å². The molecular weight excluding hydrogens is 269 g/mol. The Kier molecular flexibility index (Phi) is 6.75. The topological polar surface area (TPSA) is 35.5 Å². The van der Waals surface area contributed by atoms with E-state index in [1.54, 1.807) is 0 Å². The van der Waals surface area contributed by atoms with Crippen LogP contribution in [0, 0.1) is 5.92 Å². The van der Waals surface area contributed by atoms with Gasteiger partial charge in [-0.05, 0) is 38.8 Å². The normalized spacial score (nSPS) is 28.1. The molecule has 2 N–H and O–H groups in total. The molecule has 1 saturated carbocycles. The maximum atomic E-state index is 12.7. The first-order valence-electron chi connectivity index (χ1n) is 7.52. The quantitative estimate of drug-likeness (QED) is 0.757. The SMILES string of the molecule is CCN(CC)CCNC1(CO)CCC(C(F)(F)F)CC1. The molecule has 0 aromatic heterocycles. The number of hydrogen-bond acceptors (Lipinski definition) is 3. The van der Waals surface area contributed by atoms with Crippen molar-refractivity contribution in [3.05, 3.63) is 0 Å². The molecule has 20 heavy (non-hydrogen) atoms. The summed E-state index contributed by atoms with van der Waals surface area (Å²) in [7, 11) is 0. The van der Waals surface area contributed by atoms with Gasteiger partial charge in [0.05, 0.1) is 12.5 Å². The van der Waals surface area contributed by atoms with Crippen molar-refractivity contribution in [3.63, 3.8) is 0 Å². The lowest BCUT2D eigenvalue weighted by Crippen LogP contribution is -2.53. The number of aliphatic hydroxyl groups excluding tert-OH is 1. The average Bonchev–Trinajstić information content (AvgIpc) is 2.43. The van der Waals surface area contributed by atoms with Crippen LogP contribution in [0.2, 0.25) is 0 Å². The molecule has 0 aliphatic heterocycles. The molecule has 6 heteroatoms. The van der Waals surface area contributed by atoms with Crippen molar-refractivity contribution >= 4 is 0 Å². The van der Waals surface area contributed by atoms with Crippen LogP contribution in [0.15, 0.2) is 0 Å². The molecule has 1 rings (SSSR count). The molecule has 0 bridgehead atoms. The van der Waals surface area contributed by atoms with Crippen LogP contribution in [0.3, 0.4) is 0 Å². The van der Waals surface area contributed by atoms with Crippen molar-refractivity contribution in [2.75, 3.05) is 32.8 Å². The first kappa shape index (κ1) is 17.7. The van der Waals surface area contributed by atoms with Gasteiger partial charge in [0.2, 0.25) is 0 Å². The van der Waals surface area contributed by atoms with E-state index in [1.165, 1.54) is 0 Å². The number of rotatable bonds is 7. The van der Waals surface area contributed by atoms with Crippen molar-refractivity contribution < 1.29 is 18.3 Å². The van der Waals surface area contributed by atoms with E-state index in [9.17, 15) is 18.3 Å². The minimum Gasteiger partial charge on any atom is -0.394 e. The van der Waals surface area contributed by atoms with Crippen LogP contribution in [0.25, 0.3) is 0 Å². The number of likely N-dealkylation sites (N-methyl/N-ethyl adjacent to an activating group) is 1. The number of alkyl halides is 3. The molecule has 0 aromatic rings. The zero-order valence-corrected chi connectivity index (χ0v) is 12.5. The second-order valence-electron chi connectivity index (χ2n) is 5.71.